The molecule has 2 aromatic heterocycles. The minimum Gasteiger partial charge on any atom is -0.497 e. The van der Waals surface area contributed by atoms with Crippen LogP contribution in [0.5, 0.6) is 11.5 Å². The first-order chi connectivity index (χ1) is 15.1. The molecule has 0 radical (unpaired) electrons. The summed E-state index contributed by atoms with van der Waals surface area (Å²) in [4.78, 5) is 36.2. The smallest absolute Gasteiger partial charge is 0.287 e. The van der Waals surface area contributed by atoms with Crippen molar-refractivity contribution in [3.63, 3.8) is 0 Å². The van der Waals surface area contributed by atoms with Crippen molar-refractivity contribution in [2.45, 2.75) is 13.2 Å². The van der Waals surface area contributed by atoms with Crippen LogP contribution in [-0.2, 0) is 13.2 Å². The van der Waals surface area contributed by atoms with Gasteiger partial charge in [0.15, 0.2) is 5.82 Å². The summed E-state index contributed by atoms with van der Waals surface area (Å²) in [5.74, 6) is 0.537. The van der Waals surface area contributed by atoms with E-state index in [2.05, 4.69) is 20.3 Å². The highest BCUT2D eigenvalue weighted by atomic mass is 16.5. The van der Waals surface area contributed by atoms with E-state index >= 15 is 0 Å². The number of fused-ring (bicyclic) bond motifs is 1. The average Bonchev–Trinajstić information content (AvgIpc) is 2.81. The Hall–Kier alpha value is -4.20. The molecule has 1 amide bonds. The quantitative estimate of drug-likeness (QED) is 0.480. The van der Waals surface area contributed by atoms with Crippen molar-refractivity contribution < 1.29 is 14.3 Å². The number of amides is 1. The summed E-state index contributed by atoms with van der Waals surface area (Å²) < 4.78 is 11.0. The second kappa shape index (κ2) is 9.08. The topological polar surface area (TPSA) is 106 Å². The fourth-order valence-corrected chi connectivity index (χ4v) is 3.08. The first-order valence-electron chi connectivity index (χ1n) is 9.60. The molecule has 0 spiro atoms. The van der Waals surface area contributed by atoms with E-state index in [-0.39, 0.29) is 24.4 Å². The molecule has 2 aromatic carbocycles. The molecule has 0 saturated heterocycles. The number of rotatable bonds is 7. The summed E-state index contributed by atoms with van der Waals surface area (Å²) in [6.07, 6.45) is 3.37. The van der Waals surface area contributed by atoms with Crippen molar-refractivity contribution in [1.29, 1.82) is 0 Å². The Morgan fingerprint density at radius 1 is 1.10 bits per heavy atom. The summed E-state index contributed by atoms with van der Waals surface area (Å²) in [6.45, 7) is 0.529. The minimum atomic E-state index is -0.483. The lowest BCUT2D eigenvalue weighted by Crippen LogP contribution is -2.27. The van der Waals surface area contributed by atoms with Crippen molar-refractivity contribution in [2.75, 3.05) is 7.11 Å². The van der Waals surface area contributed by atoms with E-state index in [0.717, 1.165) is 11.1 Å². The highest BCUT2D eigenvalue weighted by Gasteiger charge is 2.14. The van der Waals surface area contributed by atoms with E-state index in [1.807, 2.05) is 36.4 Å². The molecule has 0 saturated carbocycles. The van der Waals surface area contributed by atoms with Gasteiger partial charge in [-0.3, -0.25) is 14.6 Å². The number of aromatic nitrogens is 3. The molecule has 2 heterocycles. The first kappa shape index (κ1) is 20.1. The van der Waals surface area contributed by atoms with E-state index in [1.165, 1.54) is 0 Å². The van der Waals surface area contributed by atoms with Crippen LogP contribution in [0.4, 0.5) is 0 Å². The number of hydrogen-bond acceptors (Lipinski definition) is 6. The van der Waals surface area contributed by atoms with Crippen LogP contribution in [0, 0.1) is 0 Å². The summed E-state index contributed by atoms with van der Waals surface area (Å²) >= 11 is 0. The number of carbonyl (C=O) groups excluding carboxylic acids is 1. The molecule has 0 aliphatic heterocycles. The third-order valence-corrected chi connectivity index (χ3v) is 4.61. The van der Waals surface area contributed by atoms with Gasteiger partial charge in [-0.05, 0) is 35.9 Å². The molecule has 8 nitrogen and oxygen atoms in total. The summed E-state index contributed by atoms with van der Waals surface area (Å²) in [5, 5.41) is 3.04. The third kappa shape index (κ3) is 4.69. The van der Waals surface area contributed by atoms with Crippen LogP contribution < -0.4 is 20.3 Å². The Labute approximate surface area is 177 Å². The molecule has 4 rings (SSSR count). The summed E-state index contributed by atoms with van der Waals surface area (Å²) in [7, 11) is 1.58. The summed E-state index contributed by atoms with van der Waals surface area (Å²) in [5.41, 5.74) is 1.66. The lowest BCUT2D eigenvalue weighted by atomic mass is 10.2. The van der Waals surface area contributed by atoms with E-state index in [1.54, 1.807) is 37.7 Å². The third-order valence-electron chi connectivity index (χ3n) is 4.61. The van der Waals surface area contributed by atoms with Crippen LogP contribution >= 0.6 is 0 Å². The number of methoxy groups -OCH3 is 1. The van der Waals surface area contributed by atoms with Gasteiger partial charge < -0.3 is 19.8 Å². The Morgan fingerprint density at radius 2 is 1.94 bits per heavy atom. The van der Waals surface area contributed by atoms with E-state index in [9.17, 15) is 9.59 Å². The molecule has 0 atom stereocenters. The molecule has 0 bridgehead atoms. The van der Waals surface area contributed by atoms with Crippen molar-refractivity contribution in [3.05, 3.63) is 94.3 Å². The van der Waals surface area contributed by atoms with Gasteiger partial charge in [0, 0.05) is 24.5 Å². The normalized spacial score (nSPS) is 10.6. The Bertz CT molecular complexity index is 1270. The van der Waals surface area contributed by atoms with Crippen molar-refractivity contribution >= 4 is 16.8 Å². The molecule has 0 aliphatic carbocycles. The van der Waals surface area contributed by atoms with Gasteiger partial charge in [-0.2, -0.15) is 0 Å². The lowest BCUT2D eigenvalue weighted by molar-refractivity contribution is 0.0940. The Morgan fingerprint density at radius 3 is 2.74 bits per heavy atom. The average molecular weight is 416 g/mol. The van der Waals surface area contributed by atoms with E-state index in [4.69, 9.17) is 9.47 Å². The molecule has 0 unspecified atom stereocenters. The monoisotopic (exact) mass is 416 g/mol. The predicted octanol–water partition coefficient (Wildman–Crippen LogP) is 2.84. The van der Waals surface area contributed by atoms with Crippen LogP contribution in [0.15, 0.2) is 71.8 Å². The zero-order valence-electron chi connectivity index (χ0n) is 16.8. The zero-order valence-corrected chi connectivity index (χ0v) is 16.8. The number of carbonyl (C=O) groups is 1. The number of hydrogen-bond donors (Lipinski definition) is 2. The fraction of sp³-hybridized carbons (Fsp3) is 0.130. The van der Waals surface area contributed by atoms with Crippen molar-refractivity contribution in [3.8, 4) is 11.5 Å². The maximum Gasteiger partial charge on any atom is 0.287 e. The van der Waals surface area contributed by atoms with Gasteiger partial charge in [-0.15, -0.1) is 0 Å². The number of pyridine rings is 1. The second-order valence-electron chi connectivity index (χ2n) is 6.75. The van der Waals surface area contributed by atoms with Crippen LogP contribution in [-0.4, -0.2) is 28.0 Å². The van der Waals surface area contributed by atoms with Crippen LogP contribution in [0.2, 0.25) is 0 Å². The lowest BCUT2D eigenvalue weighted by Gasteiger charge is -2.10. The van der Waals surface area contributed by atoms with Gasteiger partial charge in [0.1, 0.15) is 23.5 Å². The number of nitrogens with one attached hydrogen (secondary N) is 2. The maximum atomic E-state index is 12.7. The molecule has 4 aromatic rings. The van der Waals surface area contributed by atoms with Crippen LogP contribution in [0.3, 0.4) is 0 Å². The van der Waals surface area contributed by atoms with Gasteiger partial charge in [0.25, 0.3) is 11.5 Å². The number of ether oxygens (including phenoxy) is 2. The summed E-state index contributed by atoms with van der Waals surface area (Å²) in [6, 6.07) is 16.1. The first-order valence-corrected chi connectivity index (χ1v) is 9.60. The Balaban J connectivity index is 1.53. The zero-order chi connectivity index (χ0) is 21.6. The largest absolute Gasteiger partial charge is 0.497 e. The van der Waals surface area contributed by atoms with Gasteiger partial charge in [0.05, 0.1) is 12.6 Å². The fourth-order valence-electron chi connectivity index (χ4n) is 3.08. The number of benzene rings is 2. The number of aromatic amines is 1. The van der Waals surface area contributed by atoms with Crippen molar-refractivity contribution in [1.82, 2.24) is 20.3 Å². The molecular weight excluding hydrogens is 396 g/mol. The van der Waals surface area contributed by atoms with Gasteiger partial charge in [-0.1, -0.05) is 24.3 Å². The minimum absolute atomic E-state index is 0.0650. The van der Waals surface area contributed by atoms with Crippen LogP contribution in [0.1, 0.15) is 21.7 Å². The van der Waals surface area contributed by atoms with Gasteiger partial charge in [0.2, 0.25) is 0 Å². The molecule has 2 N–H and O–H groups in total. The van der Waals surface area contributed by atoms with Crippen LogP contribution in [0.25, 0.3) is 10.9 Å². The molecule has 156 valence electrons. The van der Waals surface area contributed by atoms with Gasteiger partial charge in [-0.25, -0.2) is 4.98 Å². The molecule has 0 aliphatic rings. The molecule has 31 heavy (non-hydrogen) atoms. The molecule has 8 heteroatoms. The molecule has 0 fully saturated rings. The van der Waals surface area contributed by atoms with Crippen molar-refractivity contribution in [2.24, 2.45) is 0 Å². The Kier molecular flexibility index (Phi) is 5.89. The van der Waals surface area contributed by atoms with E-state index in [0.29, 0.717) is 17.0 Å². The SMILES string of the molecule is COc1cccc(CNC(=O)c2nc3cccc(OCc4cccnc4)c3c(=O)[nH]2)c1. The highest BCUT2D eigenvalue weighted by molar-refractivity contribution is 5.93. The predicted molar refractivity (Wildman–Crippen MR) is 115 cm³/mol. The number of H-pyrrole nitrogens is 1. The van der Waals surface area contributed by atoms with Gasteiger partial charge >= 0.3 is 0 Å². The maximum absolute atomic E-state index is 12.7. The van der Waals surface area contributed by atoms with E-state index < -0.39 is 11.5 Å². The molecular formula is C23H20N4O4. The second-order valence-corrected chi connectivity index (χ2v) is 6.75. The number of nitrogens with zero attached hydrogens (tertiary/aromatic N) is 2. The standard InChI is InChI=1S/C23H20N4O4/c1-30-17-7-2-5-15(11-17)13-25-23(29)21-26-18-8-3-9-19(20(18)22(28)27-21)31-14-16-6-4-10-24-12-16/h2-12H,13-14H2,1H3,(H,25,29)(H,26,27,28). The highest BCUT2D eigenvalue weighted by Crippen LogP contribution is 2.22.